The molecule has 0 fully saturated rings. The molecule has 0 saturated carbocycles. The normalized spacial score (nSPS) is 13.1. The molecule has 4 aromatic rings. The third kappa shape index (κ3) is 5.59. The Labute approximate surface area is 242 Å². The number of carbonyl (C=O) groups excluding carboxylic acids is 1. The quantitative estimate of drug-likeness (QED) is 0.255. The summed E-state index contributed by atoms with van der Waals surface area (Å²) in [6.45, 7) is 11.6. The van der Waals surface area contributed by atoms with Crippen molar-refractivity contribution in [1.82, 2.24) is 24.2 Å². The molecular weight excluding hydrogens is 545 g/mol. The van der Waals surface area contributed by atoms with Crippen molar-refractivity contribution in [3.8, 4) is 10.8 Å². The van der Waals surface area contributed by atoms with Gasteiger partial charge in [0.25, 0.3) is 5.56 Å². The minimum absolute atomic E-state index is 0.0747. The van der Waals surface area contributed by atoms with Crippen molar-refractivity contribution in [3.63, 3.8) is 0 Å². The summed E-state index contributed by atoms with van der Waals surface area (Å²) in [4.78, 5) is 42.6. The van der Waals surface area contributed by atoms with Crippen LogP contribution >= 0.6 is 11.3 Å². The average molecular weight is 584 g/mol. The highest BCUT2D eigenvalue weighted by Gasteiger charge is 2.39. The van der Waals surface area contributed by atoms with E-state index in [2.05, 4.69) is 10.4 Å². The molecule has 1 unspecified atom stereocenters. The molecule has 0 bridgehead atoms. The highest BCUT2D eigenvalue weighted by atomic mass is 32.1. The molecular formula is C30H38FN5O4S. The number of ether oxygens (including phenoxy) is 1. The Hall–Kier alpha value is -3.73. The first kappa shape index (κ1) is 30.2. The topological polar surface area (TPSA) is 100 Å². The van der Waals surface area contributed by atoms with Crippen LogP contribution in [0.3, 0.4) is 0 Å². The zero-order chi connectivity index (χ0) is 29.9. The lowest BCUT2D eigenvalue weighted by molar-refractivity contribution is -0.130. The molecule has 11 heteroatoms. The van der Waals surface area contributed by atoms with Crippen LogP contribution in [0.4, 0.5) is 4.39 Å². The second kappa shape index (κ2) is 12.4. The molecule has 0 saturated heterocycles. The van der Waals surface area contributed by atoms with Gasteiger partial charge in [0, 0.05) is 30.5 Å². The molecule has 0 aliphatic rings. The molecule has 3 aromatic heterocycles. The summed E-state index contributed by atoms with van der Waals surface area (Å²) in [5.41, 5.74) is -1.26. The van der Waals surface area contributed by atoms with E-state index in [9.17, 15) is 18.8 Å². The van der Waals surface area contributed by atoms with Gasteiger partial charge in [-0.25, -0.2) is 18.4 Å². The Bertz CT molecular complexity index is 1650. The van der Waals surface area contributed by atoms with E-state index in [1.165, 1.54) is 28.0 Å². The molecule has 0 aliphatic carbocycles. The molecule has 4 rings (SSSR count). The first-order valence-electron chi connectivity index (χ1n) is 14.1. The van der Waals surface area contributed by atoms with Crippen molar-refractivity contribution >= 4 is 27.5 Å². The van der Waals surface area contributed by atoms with Crippen LogP contribution in [-0.2, 0) is 23.3 Å². The Balaban J connectivity index is 1.96. The summed E-state index contributed by atoms with van der Waals surface area (Å²) in [6, 6.07) is 6.02. The minimum atomic E-state index is -1.43. The van der Waals surface area contributed by atoms with E-state index in [0.717, 1.165) is 17.4 Å². The number of hydrogen-bond acceptors (Lipinski definition) is 6. The van der Waals surface area contributed by atoms with Gasteiger partial charge >= 0.3 is 5.69 Å². The fourth-order valence-corrected chi connectivity index (χ4v) is 6.36. The van der Waals surface area contributed by atoms with E-state index in [0.29, 0.717) is 38.7 Å². The Morgan fingerprint density at radius 1 is 1.20 bits per heavy atom. The van der Waals surface area contributed by atoms with Crippen LogP contribution in [0.5, 0.6) is 5.75 Å². The average Bonchev–Trinajstić information content (AvgIpc) is 3.61. The Morgan fingerprint density at radius 3 is 2.54 bits per heavy atom. The Morgan fingerprint density at radius 2 is 1.93 bits per heavy atom. The second-order valence-electron chi connectivity index (χ2n) is 10.3. The lowest BCUT2D eigenvalue weighted by atomic mass is 9.95. The monoisotopic (exact) mass is 583 g/mol. The van der Waals surface area contributed by atoms with E-state index in [-0.39, 0.29) is 31.3 Å². The number of carbonyl (C=O) groups is 1. The molecule has 0 spiro atoms. The van der Waals surface area contributed by atoms with E-state index in [1.807, 2.05) is 27.7 Å². The van der Waals surface area contributed by atoms with Gasteiger partial charge < -0.3 is 10.1 Å². The van der Waals surface area contributed by atoms with Crippen LogP contribution in [0.2, 0.25) is 0 Å². The number of aryl methyl sites for hydroxylation is 3. The van der Waals surface area contributed by atoms with Crippen molar-refractivity contribution < 1.29 is 13.9 Å². The van der Waals surface area contributed by atoms with Crippen LogP contribution in [0.15, 0.2) is 46.2 Å². The van der Waals surface area contributed by atoms with E-state index >= 15 is 0 Å². The first-order valence-corrected chi connectivity index (χ1v) is 14.9. The fourth-order valence-electron chi connectivity index (χ4n) is 5.10. The number of nitrogens with one attached hydrogen (secondary N) is 1. The van der Waals surface area contributed by atoms with Gasteiger partial charge in [-0.2, -0.15) is 5.10 Å². The lowest BCUT2D eigenvalue weighted by Crippen LogP contribution is -2.58. The number of fused-ring (bicyclic) bond motifs is 1. The summed E-state index contributed by atoms with van der Waals surface area (Å²) >= 11 is 1.29. The predicted octanol–water partition coefficient (Wildman–Crippen LogP) is 4.93. The lowest BCUT2D eigenvalue weighted by Gasteiger charge is -2.31. The van der Waals surface area contributed by atoms with E-state index < -0.39 is 22.6 Å². The molecule has 41 heavy (non-hydrogen) atoms. The Kier molecular flexibility index (Phi) is 9.16. The van der Waals surface area contributed by atoms with Gasteiger partial charge in [-0.3, -0.25) is 14.2 Å². The van der Waals surface area contributed by atoms with Gasteiger partial charge in [0.15, 0.2) is 0 Å². The predicted molar refractivity (Wildman–Crippen MR) is 160 cm³/mol. The smallest absolute Gasteiger partial charge is 0.333 e. The van der Waals surface area contributed by atoms with Gasteiger partial charge in [-0.15, -0.1) is 0 Å². The number of thiophene rings is 1. The highest BCUT2D eigenvalue weighted by Crippen LogP contribution is 2.32. The van der Waals surface area contributed by atoms with Gasteiger partial charge in [0.05, 0.1) is 12.0 Å². The molecule has 0 radical (unpaired) electrons. The molecule has 3 heterocycles. The number of amides is 1. The molecule has 220 valence electrons. The maximum atomic E-state index is 14.3. The van der Waals surface area contributed by atoms with Gasteiger partial charge in [-0.1, -0.05) is 32.1 Å². The second-order valence-corrected chi connectivity index (χ2v) is 11.3. The zero-order valence-electron chi connectivity index (χ0n) is 24.5. The fraction of sp³-hybridized carbons (Fsp3) is 0.467. The maximum absolute atomic E-state index is 14.3. The van der Waals surface area contributed by atoms with Crippen molar-refractivity contribution in [2.75, 3.05) is 6.61 Å². The number of halogens is 1. The van der Waals surface area contributed by atoms with E-state index in [4.69, 9.17) is 4.74 Å². The van der Waals surface area contributed by atoms with E-state index in [1.54, 1.807) is 43.1 Å². The zero-order valence-corrected chi connectivity index (χ0v) is 25.3. The van der Waals surface area contributed by atoms with Gasteiger partial charge in [0.2, 0.25) is 5.91 Å². The van der Waals surface area contributed by atoms with Gasteiger partial charge in [0.1, 0.15) is 26.9 Å². The molecule has 1 N–H and O–H groups in total. The molecule has 9 nitrogen and oxygen atoms in total. The largest absolute Gasteiger partial charge is 0.494 e. The highest BCUT2D eigenvalue weighted by molar-refractivity contribution is 7.21. The molecule has 1 aromatic carbocycles. The van der Waals surface area contributed by atoms with Crippen LogP contribution in [0.25, 0.3) is 15.2 Å². The van der Waals surface area contributed by atoms with Crippen LogP contribution in [0.1, 0.15) is 65.0 Å². The maximum Gasteiger partial charge on any atom is 0.333 e. The number of hydrogen-bond donors (Lipinski definition) is 1. The number of nitrogens with zero attached hydrogens (tertiary/aromatic N) is 4. The van der Waals surface area contributed by atoms with Crippen LogP contribution in [0, 0.1) is 12.7 Å². The summed E-state index contributed by atoms with van der Waals surface area (Å²) in [7, 11) is 0. The third-order valence-electron chi connectivity index (χ3n) is 7.82. The molecule has 1 atom stereocenters. The molecule has 1 amide bonds. The minimum Gasteiger partial charge on any atom is -0.494 e. The van der Waals surface area contributed by atoms with Crippen molar-refractivity contribution in [3.05, 3.63) is 74.4 Å². The number of benzene rings is 1. The third-order valence-corrected chi connectivity index (χ3v) is 9.12. The van der Waals surface area contributed by atoms with Crippen molar-refractivity contribution in [2.24, 2.45) is 0 Å². The number of aromatic nitrogens is 4. The van der Waals surface area contributed by atoms with Crippen LogP contribution < -0.4 is 21.3 Å². The summed E-state index contributed by atoms with van der Waals surface area (Å²) in [5.74, 6) is -0.243. The number of rotatable bonds is 12. The van der Waals surface area contributed by atoms with Crippen LogP contribution in [-0.4, -0.2) is 37.5 Å². The van der Waals surface area contributed by atoms with Crippen molar-refractivity contribution in [2.45, 2.75) is 85.4 Å². The first-order chi connectivity index (χ1) is 19.6. The van der Waals surface area contributed by atoms with Gasteiger partial charge in [-0.05, 0) is 76.3 Å². The SMILES string of the molecule is CCOc1ccc(F)cc1CCn1c(=O)n(C(C)(CC)C(=O)NC(CC)CC)c(=O)c2c(C)c(-n3cccn3)sc21. The summed E-state index contributed by atoms with van der Waals surface area (Å²) in [6.07, 6.45) is 5.38. The van der Waals surface area contributed by atoms with Crippen molar-refractivity contribution in [1.29, 1.82) is 0 Å². The summed E-state index contributed by atoms with van der Waals surface area (Å²) in [5, 5.41) is 8.44. The molecule has 0 aliphatic heterocycles. The summed E-state index contributed by atoms with van der Waals surface area (Å²) < 4.78 is 24.2. The standard InChI is InChI=1S/C30H38FN5O4S/c1-7-22(8-2)33-28(38)30(6,9-3)36-25(37)24-19(5)26(35-16-11-15-32-35)41-27(24)34(29(36)39)17-14-20-18-21(31)12-13-23(20)40-10-4/h11-13,15-16,18,22H,7-10,14,17H2,1-6H3,(H,33,38).